The van der Waals surface area contributed by atoms with Gasteiger partial charge in [-0.05, 0) is 0 Å². The number of hydrogen-bond acceptors (Lipinski definition) is 2. The summed E-state index contributed by atoms with van der Waals surface area (Å²) in [4.78, 5) is 13.6. The first-order valence-corrected chi connectivity index (χ1v) is 4.96. The molecule has 2 aliphatic rings. The lowest BCUT2D eigenvalue weighted by Crippen LogP contribution is -2.35. The van der Waals surface area contributed by atoms with Crippen LogP contribution < -0.4 is 0 Å². The molecule has 0 spiro atoms. The molecule has 1 saturated carbocycles. The van der Waals surface area contributed by atoms with Gasteiger partial charge in [0.05, 0.1) is 6.10 Å². The van der Waals surface area contributed by atoms with Crippen LogP contribution in [0.25, 0.3) is 0 Å². The summed E-state index contributed by atoms with van der Waals surface area (Å²) >= 11 is 0. The van der Waals surface area contributed by atoms with Gasteiger partial charge in [-0.25, -0.2) is 0 Å². The fraction of sp³-hybridized carbons (Fsp3) is 0.900. The molecule has 0 aromatic heterocycles. The van der Waals surface area contributed by atoms with Crippen molar-refractivity contribution in [2.24, 2.45) is 17.8 Å². The second kappa shape index (κ2) is 2.98. The van der Waals surface area contributed by atoms with Gasteiger partial charge in [0.2, 0.25) is 5.91 Å². The Kier molecular flexibility index (Phi) is 2.06. The first kappa shape index (κ1) is 9.00. The normalized spacial score (nSPS) is 36.6. The molecule has 0 radical (unpaired) electrons. The molecule has 2 atom stereocenters. The van der Waals surface area contributed by atoms with Gasteiger partial charge in [0.1, 0.15) is 0 Å². The molecule has 1 saturated heterocycles. The molecule has 74 valence electrons. The van der Waals surface area contributed by atoms with E-state index in [9.17, 15) is 4.79 Å². The quantitative estimate of drug-likeness (QED) is 0.632. The molecule has 1 amide bonds. The topological polar surface area (TPSA) is 29.5 Å². The number of hydrogen-bond donors (Lipinski definition) is 0. The van der Waals surface area contributed by atoms with Gasteiger partial charge in [0.15, 0.2) is 0 Å². The Labute approximate surface area is 79.0 Å². The van der Waals surface area contributed by atoms with Crippen LogP contribution in [0.2, 0.25) is 0 Å². The number of piperidine rings is 1. The molecule has 1 aliphatic heterocycles. The molecular formula is C10H17NO2. The van der Waals surface area contributed by atoms with Crippen molar-refractivity contribution in [3.63, 3.8) is 0 Å². The second-order valence-corrected chi connectivity index (χ2v) is 4.43. The van der Waals surface area contributed by atoms with Crippen molar-refractivity contribution >= 4 is 5.91 Å². The van der Waals surface area contributed by atoms with Crippen LogP contribution >= 0.6 is 0 Å². The SMILES string of the molecule is COC1C2CN(C(=O)C(C)C)CC21. The van der Waals surface area contributed by atoms with Gasteiger partial charge in [0.25, 0.3) is 0 Å². The van der Waals surface area contributed by atoms with E-state index in [4.69, 9.17) is 4.74 Å². The zero-order valence-electron chi connectivity index (χ0n) is 8.49. The molecular weight excluding hydrogens is 166 g/mol. The van der Waals surface area contributed by atoms with Gasteiger partial charge >= 0.3 is 0 Å². The average molecular weight is 183 g/mol. The van der Waals surface area contributed by atoms with Gasteiger partial charge in [-0.15, -0.1) is 0 Å². The third-order valence-electron chi connectivity index (χ3n) is 3.19. The van der Waals surface area contributed by atoms with Crippen molar-refractivity contribution in [1.82, 2.24) is 4.90 Å². The third kappa shape index (κ3) is 1.35. The monoisotopic (exact) mass is 183 g/mol. The van der Waals surface area contributed by atoms with Gasteiger partial charge in [-0.1, -0.05) is 13.8 Å². The molecule has 1 heterocycles. The number of carbonyl (C=O) groups excluding carboxylic acids is 1. The third-order valence-corrected chi connectivity index (χ3v) is 3.19. The predicted molar refractivity (Wildman–Crippen MR) is 49.2 cm³/mol. The highest BCUT2D eigenvalue weighted by Gasteiger charge is 2.57. The first-order chi connectivity index (χ1) is 6.15. The number of methoxy groups -OCH3 is 1. The van der Waals surface area contributed by atoms with E-state index in [0.717, 1.165) is 13.1 Å². The second-order valence-electron chi connectivity index (χ2n) is 4.43. The van der Waals surface area contributed by atoms with E-state index >= 15 is 0 Å². The lowest BCUT2D eigenvalue weighted by molar-refractivity contribution is -0.134. The number of fused-ring (bicyclic) bond motifs is 1. The molecule has 0 bridgehead atoms. The van der Waals surface area contributed by atoms with Crippen LogP contribution in [-0.4, -0.2) is 37.1 Å². The summed E-state index contributed by atoms with van der Waals surface area (Å²) < 4.78 is 5.28. The Morgan fingerprint density at radius 2 is 1.92 bits per heavy atom. The maximum Gasteiger partial charge on any atom is 0.225 e. The van der Waals surface area contributed by atoms with E-state index in [1.807, 2.05) is 18.7 Å². The largest absolute Gasteiger partial charge is 0.381 e. The van der Waals surface area contributed by atoms with Gasteiger partial charge in [0, 0.05) is 38.0 Å². The average Bonchev–Trinajstić information content (AvgIpc) is 2.56. The molecule has 13 heavy (non-hydrogen) atoms. The summed E-state index contributed by atoms with van der Waals surface area (Å²) in [6, 6.07) is 0. The summed E-state index contributed by atoms with van der Waals surface area (Å²) in [5, 5.41) is 0. The van der Waals surface area contributed by atoms with E-state index in [-0.39, 0.29) is 5.92 Å². The number of nitrogens with zero attached hydrogens (tertiary/aromatic N) is 1. The summed E-state index contributed by atoms with van der Waals surface area (Å²) in [7, 11) is 1.76. The van der Waals surface area contributed by atoms with Crippen LogP contribution in [0.15, 0.2) is 0 Å². The maximum absolute atomic E-state index is 11.6. The van der Waals surface area contributed by atoms with E-state index in [2.05, 4.69) is 0 Å². The molecule has 2 fully saturated rings. The molecule has 2 unspecified atom stereocenters. The molecule has 3 nitrogen and oxygen atoms in total. The summed E-state index contributed by atoms with van der Waals surface area (Å²) in [5.41, 5.74) is 0. The highest BCUT2D eigenvalue weighted by atomic mass is 16.5. The van der Waals surface area contributed by atoms with Crippen LogP contribution in [0.4, 0.5) is 0 Å². The fourth-order valence-corrected chi connectivity index (χ4v) is 2.37. The smallest absolute Gasteiger partial charge is 0.225 e. The van der Waals surface area contributed by atoms with E-state index in [0.29, 0.717) is 23.8 Å². The van der Waals surface area contributed by atoms with Crippen molar-refractivity contribution in [3.8, 4) is 0 Å². The minimum Gasteiger partial charge on any atom is -0.381 e. The zero-order chi connectivity index (χ0) is 9.59. The summed E-state index contributed by atoms with van der Waals surface area (Å²) in [6.45, 7) is 5.75. The summed E-state index contributed by atoms with van der Waals surface area (Å²) in [6.07, 6.45) is 0.441. The van der Waals surface area contributed by atoms with Crippen molar-refractivity contribution in [1.29, 1.82) is 0 Å². The highest BCUT2D eigenvalue weighted by molar-refractivity contribution is 5.78. The Morgan fingerprint density at radius 3 is 2.31 bits per heavy atom. The maximum atomic E-state index is 11.6. The van der Waals surface area contributed by atoms with Crippen LogP contribution in [0.1, 0.15) is 13.8 Å². The summed E-state index contributed by atoms with van der Waals surface area (Å²) in [5.74, 6) is 1.70. The Bertz CT molecular complexity index is 215. The molecule has 1 aliphatic carbocycles. The number of ether oxygens (including phenoxy) is 1. The van der Waals surface area contributed by atoms with Crippen molar-refractivity contribution in [2.75, 3.05) is 20.2 Å². The lowest BCUT2D eigenvalue weighted by atomic mass is 10.2. The minimum atomic E-state index is 0.137. The molecule has 2 rings (SSSR count). The standard InChI is InChI=1S/C10H17NO2/c1-6(2)10(12)11-4-7-8(5-11)9(7)13-3/h6-9H,4-5H2,1-3H3. The van der Waals surface area contributed by atoms with E-state index in [1.54, 1.807) is 7.11 Å². The van der Waals surface area contributed by atoms with Crippen molar-refractivity contribution < 1.29 is 9.53 Å². The number of rotatable bonds is 2. The Morgan fingerprint density at radius 1 is 1.38 bits per heavy atom. The van der Waals surface area contributed by atoms with Gasteiger partial charge < -0.3 is 9.64 Å². The van der Waals surface area contributed by atoms with Crippen molar-refractivity contribution in [3.05, 3.63) is 0 Å². The predicted octanol–water partition coefficient (Wildman–Crippen LogP) is 0.746. The minimum absolute atomic E-state index is 0.137. The van der Waals surface area contributed by atoms with Crippen LogP contribution in [-0.2, 0) is 9.53 Å². The Balaban J connectivity index is 1.87. The van der Waals surface area contributed by atoms with Crippen LogP contribution in [0.5, 0.6) is 0 Å². The Hall–Kier alpha value is -0.570. The van der Waals surface area contributed by atoms with Crippen LogP contribution in [0, 0.1) is 17.8 Å². The fourth-order valence-electron chi connectivity index (χ4n) is 2.37. The van der Waals surface area contributed by atoms with Gasteiger partial charge in [-0.3, -0.25) is 4.79 Å². The van der Waals surface area contributed by atoms with E-state index < -0.39 is 0 Å². The molecule has 0 aromatic rings. The first-order valence-electron chi connectivity index (χ1n) is 4.96. The molecule has 0 aromatic carbocycles. The molecule has 0 N–H and O–H groups in total. The van der Waals surface area contributed by atoms with Crippen molar-refractivity contribution in [2.45, 2.75) is 20.0 Å². The zero-order valence-corrected chi connectivity index (χ0v) is 8.49. The number of likely N-dealkylation sites (tertiary alicyclic amines) is 1. The van der Waals surface area contributed by atoms with Gasteiger partial charge in [-0.2, -0.15) is 0 Å². The number of amides is 1. The highest BCUT2D eigenvalue weighted by Crippen LogP contribution is 2.47. The lowest BCUT2D eigenvalue weighted by Gasteiger charge is -2.21. The van der Waals surface area contributed by atoms with Crippen LogP contribution in [0.3, 0.4) is 0 Å². The molecule has 3 heteroatoms. The number of carbonyl (C=O) groups is 1. The van der Waals surface area contributed by atoms with E-state index in [1.165, 1.54) is 0 Å².